The van der Waals surface area contributed by atoms with E-state index in [9.17, 15) is 0 Å². The minimum absolute atomic E-state index is 0.112. The number of rotatable bonds is 7. The van der Waals surface area contributed by atoms with Gasteiger partial charge in [0.05, 0.1) is 13.2 Å². The molecule has 1 atom stereocenters. The second-order valence-electron chi connectivity index (χ2n) is 5.51. The average Bonchev–Trinajstić information content (AvgIpc) is 2.15. The van der Waals surface area contributed by atoms with E-state index in [0.29, 0.717) is 0 Å². The van der Waals surface area contributed by atoms with E-state index >= 15 is 0 Å². The number of aliphatic hydroxyl groups is 2. The monoisotopic (exact) mass is 218 g/mol. The average molecular weight is 218 g/mol. The van der Waals surface area contributed by atoms with E-state index in [1.165, 1.54) is 0 Å². The highest BCUT2D eigenvalue weighted by Gasteiger charge is 2.21. The van der Waals surface area contributed by atoms with E-state index in [1.54, 1.807) is 0 Å². The first kappa shape index (κ1) is 14.8. The summed E-state index contributed by atoms with van der Waals surface area (Å²) in [6.07, 6.45) is 0. The van der Waals surface area contributed by atoms with Crippen LogP contribution in [0.1, 0.15) is 34.6 Å². The van der Waals surface area contributed by atoms with Crippen LogP contribution < -0.4 is 10.6 Å². The summed E-state index contributed by atoms with van der Waals surface area (Å²) in [7, 11) is 0. The number of hydrogen-bond donors (Lipinski definition) is 4. The third kappa shape index (κ3) is 6.84. The molecular formula is C11H26N2O2. The molecule has 0 saturated carbocycles. The molecule has 0 spiro atoms. The van der Waals surface area contributed by atoms with E-state index in [0.717, 1.165) is 6.54 Å². The number of aliphatic hydroxyl groups excluding tert-OH is 2. The van der Waals surface area contributed by atoms with Crippen molar-refractivity contribution in [2.45, 2.75) is 51.7 Å². The van der Waals surface area contributed by atoms with Gasteiger partial charge in [0.1, 0.15) is 0 Å². The van der Waals surface area contributed by atoms with Crippen LogP contribution in [0, 0.1) is 0 Å². The van der Waals surface area contributed by atoms with E-state index in [1.807, 2.05) is 27.7 Å². The lowest BCUT2D eigenvalue weighted by atomic mass is 10.0. The van der Waals surface area contributed by atoms with Crippen LogP contribution in [0.2, 0.25) is 0 Å². The predicted octanol–water partition coefficient (Wildman–Crippen LogP) is 0.0959. The zero-order chi connectivity index (χ0) is 12.1. The molecule has 0 amide bonds. The Kier molecular flexibility index (Phi) is 5.73. The molecular weight excluding hydrogens is 192 g/mol. The maximum Gasteiger partial charge on any atom is 0.0607 e. The van der Waals surface area contributed by atoms with Crippen LogP contribution in [0.15, 0.2) is 0 Å². The minimum atomic E-state index is -0.259. The minimum Gasteiger partial charge on any atom is -0.394 e. The van der Waals surface area contributed by atoms with Crippen LogP contribution >= 0.6 is 0 Å². The van der Waals surface area contributed by atoms with Gasteiger partial charge in [0, 0.05) is 23.7 Å². The first-order chi connectivity index (χ1) is 6.72. The second-order valence-corrected chi connectivity index (χ2v) is 5.51. The molecule has 92 valence electrons. The standard InChI is InChI=1S/C11H26N2O2/c1-9(13-11(4,5)8-15)6-12-10(2,3)7-14/h9,12-15H,6-8H2,1-5H3. The van der Waals surface area contributed by atoms with Crippen molar-refractivity contribution in [3.05, 3.63) is 0 Å². The van der Waals surface area contributed by atoms with Crippen molar-refractivity contribution in [1.82, 2.24) is 10.6 Å². The van der Waals surface area contributed by atoms with Gasteiger partial charge in [0.15, 0.2) is 0 Å². The Hall–Kier alpha value is -0.160. The van der Waals surface area contributed by atoms with Crippen molar-refractivity contribution in [3.8, 4) is 0 Å². The summed E-state index contributed by atoms with van der Waals surface area (Å²) in [6.45, 7) is 10.9. The fourth-order valence-corrected chi connectivity index (χ4v) is 1.25. The van der Waals surface area contributed by atoms with E-state index in [-0.39, 0.29) is 30.3 Å². The Morgan fingerprint density at radius 2 is 1.47 bits per heavy atom. The van der Waals surface area contributed by atoms with Gasteiger partial charge in [-0.15, -0.1) is 0 Å². The fraction of sp³-hybridized carbons (Fsp3) is 1.00. The molecule has 4 nitrogen and oxygen atoms in total. The van der Waals surface area contributed by atoms with Gasteiger partial charge in [-0.1, -0.05) is 0 Å². The van der Waals surface area contributed by atoms with Crippen molar-refractivity contribution < 1.29 is 10.2 Å². The predicted molar refractivity (Wildman–Crippen MR) is 62.9 cm³/mol. The summed E-state index contributed by atoms with van der Waals surface area (Å²) < 4.78 is 0. The van der Waals surface area contributed by atoms with Crippen molar-refractivity contribution in [1.29, 1.82) is 0 Å². The first-order valence-electron chi connectivity index (χ1n) is 5.47. The van der Waals surface area contributed by atoms with Gasteiger partial charge in [-0.25, -0.2) is 0 Å². The zero-order valence-corrected chi connectivity index (χ0v) is 10.6. The Labute approximate surface area is 93.1 Å². The Bertz CT molecular complexity index is 181. The molecule has 0 aliphatic carbocycles. The molecule has 0 radical (unpaired) electrons. The van der Waals surface area contributed by atoms with E-state index in [4.69, 9.17) is 10.2 Å². The van der Waals surface area contributed by atoms with Crippen molar-refractivity contribution in [2.24, 2.45) is 0 Å². The topological polar surface area (TPSA) is 64.5 Å². The van der Waals surface area contributed by atoms with Crippen LogP contribution in [-0.2, 0) is 0 Å². The van der Waals surface area contributed by atoms with Gasteiger partial charge in [0.2, 0.25) is 0 Å². The summed E-state index contributed by atoms with van der Waals surface area (Å²) in [6, 6.07) is 0.248. The molecule has 15 heavy (non-hydrogen) atoms. The van der Waals surface area contributed by atoms with E-state index in [2.05, 4.69) is 17.6 Å². The van der Waals surface area contributed by atoms with Gasteiger partial charge >= 0.3 is 0 Å². The second kappa shape index (κ2) is 5.80. The lowest BCUT2D eigenvalue weighted by Crippen LogP contribution is -2.54. The van der Waals surface area contributed by atoms with Crippen molar-refractivity contribution in [3.63, 3.8) is 0 Å². The van der Waals surface area contributed by atoms with Gasteiger partial charge < -0.3 is 20.8 Å². The number of hydrogen-bond acceptors (Lipinski definition) is 4. The lowest BCUT2D eigenvalue weighted by molar-refractivity contribution is 0.162. The molecule has 4 heteroatoms. The Morgan fingerprint density at radius 3 is 1.87 bits per heavy atom. The molecule has 0 saturated heterocycles. The molecule has 1 unspecified atom stereocenters. The summed E-state index contributed by atoms with van der Waals surface area (Å²) in [4.78, 5) is 0. The summed E-state index contributed by atoms with van der Waals surface area (Å²) in [5.41, 5.74) is -0.510. The smallest absolute Gasteiger partial charge is 0.0607 e. The third-order valence-corrected chi connectivity index (χ3v) is 2.31. The molecule has 0 rings (SSSR count). The highest BCUT2D eigenvalue weighted by molar-refractivity contribution is 4.83. The molecule has 0 heterocycles. The molecule has 0 bridgehead atoms. The molecule has 4 N–H and O–H groups in total. The molecule has 0 fully saturated rings. The quantitative estimate of drug-likeness (QED) is 0.489. The zero-order valence-electron chi connectivity index (χ0n) is 10.6. The van der Waals surface area contributed by atoms with Gasteiger partial charge in [-0.05, 0) is 34.6 Å². The van der Waals surface area contributed by atoms with Crippen LogP contribution in [0.25, 0.3) is 0 Å². The molecule has 0 aromatic rings. The van der Waals surface area contributed by atoms with Crippen molar-refractivity contribution in [2.75, 3.05) is 19.8 Å². The SMILES string of the molecule is CC(CNC(C)(C)CO)NC(C)(C)CO. The third-order valence-electron chi connectivity index (χ3n) is 2.31. The Morgan fingerprint density at radius 1 is 1.00 bits per heavy atom. The number of nitrogens with one attached hydrogen (secondary N) is 2. The van der Waals surface area contributed by atoms with E-state index < -0.39 is 0 Å². The molecule has 0 aromatic heterocycles. The summed E-state index contributed by atoms with van der Waals surface area (Å²) in [5.74, 6) is 0. The molecule has 0 aliphatic heterocycles. The van der Waals surface area contributed by atoms with Gasteiger partial charge in [0.25, 0.3) is 0 Å². The highest BCUT2D eigenvalue weighted by atomic mass is 16.3. The van der Waals surface area contributed by atoms with Gasteiger partial charge in [-0.2, -0.15) is 0 Å². The van der Waals surface area contributed by atoms with Crippen LogP contribution in [0.5, 0.6) is 0 Å². The molecule has 0 aliphatic rings. The Balaban J connectivity index is 3.90. The van der Waals surface area contributed by atoms with Gasteiger partial charge in [-0.3, -0.25) is 0 Å². The lowest BCUT2D eigenvalue weighted by Gasteiger charge is -2.31. The fourth-order valence-electron chi connectivity index (χ4n) is 1.25. The van der Waals surface area contributed by atoms with Crippen LogP contribution in [0.4, 0.5) is 0 Å². The maximum atomic E-state index is 9.09. The van der Waals surface area contributed by atoms with Crippen LogP contribution in [-0.4, -0.2) is 47.1 Å². The summed E-state index contributed by atoms with van der Waals surface area (Å²) >= 11 is 0. The van der Waals surface area contributed by atoms with Crippen molar-refractivity contribution >= 4 is 0 Å². The molecule has 0 aromatic carbocycles. The normalized spacial score (nSPS) is 15.4. The first-order valence-corrected chi connectivity index (χ1v) is 5.47. The maximum absolute atomic E-state index is 9.09. The van der Waals surface area contributed by atoms with Crippen LogP contribution in [0.3, 0.4) is 0 Å². The highest BCUT2D eigenvalue weighted by Crippen LogP contribution is 2.03. The largest absolute Gasteiger partial charge is 0.394 e. The summed E-state index contributed by atoms with van der Waals surface area (Å²) in [5, 5.41) is 24.7.